The van der Waals surface area contributed by atoms with Crippen molar-refractivity contribution in [3.63, 3.8) is 0 Å². The lowest BCUT2D eigenvalue weighted by Crippen LogP contribution is -1.91. The van der Waals surface area contributed by atoms with E-state index in [1.807, 2.05) is 6.92 Å². The van der Waals surface area contributed by atoms with Crippen molar-refractivity contribution in [2.75, 3.05) is 7.11 Å². The first-order valence-corrected chi connectivity index (χ1v) is 5.79. The molecule has 0 fully saturated rings. The summed E-state index contributed by atoms with van der Waals surface area (Å²) in [5.74, 6) is 1.56. The number of thiol groups is 1. The van der Waals surface area contributed by atoms with Crippen LogP contribution in [-0.4, -0.2) is 17.1 Å². The fraction of sp³-hybridized carbons (Fsp3) is 0.250. The lowest BCUT2D eigenvalue weighted by molar-refractivity contribution is 0.415. The molecule has 0 amide bonds. The van der Waals surface area contributed by atoms with E-state index in [0.717, 1.165) is 11.5 Å². The molecule has 0 aliphatic carbocycles. The summed E-state index contributed by atoms with van der Waals surface area (Å²) in [6.45, 7) is 1.89. The van der Waals surface area contributed by atoms with Crippen LogP contribution in [0.2, 0.25) is 0 Å². The second kappa shape index (κ2) is 4.79. The topological polar surface area (TPSA) is 37.9 Å². The van der Waals surface area contributed by atoms with E-state index in [1.54, 1.807) is 13.2 Å². The van der Waals surface area contributed by atoms with Gasteiger partial charge in [0.15, 0.2) is 0 Å². The Balaban J connectivity index is 2.58. The normalized spacial score (nSPS) is 10.6. The van der Waals surface area contributed by atoms with E-state index in [4.69, 9.17) is 4.74 Å². The molecule has 0 saturated carbocycles. The van der Waals surface area contributed by atoms with Crippen LogP contribution in [0.15, 0.2) is 18.2 Å². The molecule has 2 aromatic rings. The molecule has 0 aliphatic heterocycles. The Labute approximate surface area is 104 Å². The van der Waals surface area contributed by atoms with Gasteiger partial charge in [-0.25, -0.2) is 9.37 Å². The lowest BCUT2D eigenvalue weighted by atomic mass is 10.1. The van der Waals surface area contributed by atoms with Crippen molar-refractivity contribution in [2.45, 2.75) is 12.7 Å². The summed E-state index contributed by atoms with van der Waals surface area (Å²) in [5.41, 5.74) is 2.22. The average molecular weight is 252 g/mol. The number of imidazole rings is 1. The Kier molecular flexibility index (Phi) is 3.38. The lowest BCUT2D eigenvalue weighted by Gasteiger charge is -2.06. The van der Waals surface area contributed by atoms with E-state index < -0.39 is 0 Å². The van der Waals surface area contributed by atoms with Crippen molar-refractivity contribution in [3.05, 3.63) is 35.5 Å². The number of aromatic nitrogens is 2. The van der Waals surface area contributed by atoms with Crippen molar-refractivity contribution >= 4 is 12.6 Å². The van der Waals surface area contributed by atoms with E-state index in [2.05, 4.69) is 22.6 Å². The first-order chi connectivity index (χ1) is 8.15. The predicted molar refractivity (Wildman–Crippen MR) is 68.0 cm³/mol. The molecule has 0 spiro atoms. The van der Waals surface area contributed by atoms with Gasteiger partial charge in [-0.1, -0.05) is 0 Å². The van der Waals surface area contributed by atoms with Gasteiger partial charge in [-0.15, -0.1) is 0 Å². The fourth-order valence-corrected chi connectivity index (χ4v) is 1.87. The van der Waals surface area contributed by atoms with Crippen molar-refractivity contribution in [1.82, 2.24) is 9.97 Å². The molecule has 0 saturated heterocycles. The summed E-state index contributed by atoms with van der Waals surface area (Å²) >= 11 is 4.15. The van der Waals surface area contributed by atoms with Crippen LogP contribution in [0.4, 0.5) is 4.39 Å². The number of nitrogens with zero attached hydrogens (tertiary/aromatic N) is 1. The van der Waals surface area contributed by atoms with Gasteiger partial charge in [0.2, 0.25) is 0 Å². The highest BCUT2D eigenvalue weighted by Crippen LogP contribution is 2.31. The molecular formula is C12H13FN2OS. The molecule has 0 aliphatic rings. The highest BCUT2D eigenvalue weighted by Gasteiger charge is 2.13. The number of nitrogens with one attached hydrogen (secondary N) is 1. The molecule has 17 heavy (non-hydrogen) atoms. The van der Waals surface area contributed by atoms with E-state index in [0.29, 0.717) is 22.8 Å². The largest absolute Gasteiger partial charge is 0.496 e. The van der Waals surface area contributed by atoms with E-state index >= 15 is 0 Å². The second-order valence-electron chi connectivity index (χ2n) is 3.66. The molecule has 90 valence electrons. The molecular weight excluding hydrogens is 239 g/mol. The van der Waals surface area contributed by atoms with E-state index in [9.17, 15) is 4.39 Å². The van der Waals surface area contributed by atoms with Crippen molar-refractivity contribution < 1.29 is 9.13 Å². The predicted octanol–water partition coefficient (Wildman–Crippen LogP) is 2.96. The molecule has 1 aromatic heterocycles. The quantitative estimate of drug-likeness (QED) is 0.824. The summed E-state index contributed by atoms with van der Waals surface area (Å²) in [6, 6.07) is 4.38. The zero-order valence-corrected chi connectivity index (χ0v) is 10.5. The summed E-state index contributed by atoms with van der Waals surface area (Å²) in [5, 5.41) is 0. The number of rotatable bonds is 3. The van der Waals surface area contributed by atoms with Crippen LogP contribution < -0.4 is 4.74 Å². The van der Waals surface area contributed by atoms with Gasteiger partial charge in [0.1, 0.15) is 17.4 Å². The SMILES string of the molecule is COc1ccc(F)cc1-c1nc(CS)[nH]c1C. The number of hydrogen-bond donors (Lipinski definition) is 2. The number of H-pyrrole nitrogens is 1. The Hall–Kier alpha value is -1.49. The van der Waals surface area contributed by atoms with Crippen molar-refractivity contribution in [1.29, 1.82) is 0 Å². The highest BCUT2D eigenvalue weighted by molar-refractivity contribution is 7.79. The number of ether oxygens (including phenoxy) is 1. The van der Waals surface area contributed by atoms with Gasteiger partial charge in [-0.05, 0) is 25.1 Å². The van der Waals surface area contributed by atoms with Crippen LogP contribution in [0, 0.1) is 12.7 Å². The molecule has 1 heterocycles. The smallest absolute Gasteiger partial charge is 0.128 e. The molecule has 1 aromatic carbocycles. The first kappa shape index (κ1) is 12.0. The summed E-state index contributed by atoms with van der Waals surface area (Å²) in [6.07, 6.45) is 0. The molecule has 0 unspecified atom stereocenters. The minimum atomic E-state index is -0.310. The minimum absolute atomic E-state index is 0.310. The number of aryl methyl sites for hydroxylation is 1. The van der Waals surface area contributed by atoms with Crippen molar-refractivity contribution in [3.8, 4) is 17.0 Å². The zero-order chi connectivity index (χ0) is 12.4. The summed E-state index contributed by atoms with van der Waals surface area (Å²) in [7, 11) is 1.55. The number of hydrogen-bond acceptors (Lipinski definition) is 3. The van der Waals surface area contributed by atoms with Gasteiger partial charge in [-0.2, -0.15) is 12.6 Å². The fourth-order valence-electron chi connectivity index (χ4n) is 1.72. The number of aromatic amines is 1. The first-order valence-electron chi connectivity index (χ1n) is 5.16. The van der Waals surface area contributed by atoms with Crippen molar-refractivity contribution in [2.24, 2.45) is 0 Å². The van der Waals surface area contributed by atoms with Crippen LogP contribution in [0.1, 0.15) is 11.5 Å². The number of halogens is 1. The third-order valence-corrected chi connectivity index (χ3v) is 2.80. The molecule has 0 bridgehead atoms. The van der Waals surface area contributed by atoms with Crippen LogP contribution in [0.5, 0.6) is 5.75 Å². The van der Waals surface area contributed by atoms with Gasteiger partial charge in [-0.3, -0.25) is 0 Å². The average Bonchev–Trinajstić information content (AvgIpc) is 2.70. The van der Waals surface area contributed by atoms with E-state index in [1.165, 1.54) is 12.1 Å². The second-order valence-corrected chi connectivity index (χ2v) is 3.98. The summed E-state index contributed by atoms with van der Waals surface area (Å²) < 4.78 is 18.5. The Morgan fingerprint density at radius 1 is 1.47 bits per heavy atom. The maximum atomic E-state index is 13.3. The van der Waals surface area contributed by atoms with Crippen LogP contribution in [-0.2, 0) is 5.75 Å². The molecule has 2 rings (SSSR count). The van der Waals surface area contributed by atoms with Gasteiger partial charge < -0.3 is 9.72 Å². The molecule has 0 radical (unpaired) electrons. The van der Waals surface area contributed by atoms with Crippen LogP contribution in [0.25, 0.3) is 11.3 Å². The van der Waals surface area contributed by atoms with Gasteiger partial charge in [0.05, 0.1) is 12.8 Å². The maximum absolute atomic E-state index is 13.3. The third-order valence-electron chi connectivity index (χ3n) is 2.50. The Morgan fingerprint density at radius 2 is 2.24 bits per heavy atom. The maximum Gasteiger partial charge on any atom is 0.128 e. The Morgan fingerprint density at radius 3 is 2.82 bits per heavy atom. The van der Waals surface area contributed by atoms with Gasteiger partial charge in [0.25, 0.3) is 0 Å². The third kappa shape index (κ3) is 2.29. The zero-order valence-electron chi connectivity index (χ0n) is 9.62. The Bertz CT molecular complexity index is 539. The van der Waals surface area contributed by atoms with Gasteiger partial charge >= 0.3 is 0 Å². The van der Waals surface area contributed by atoms with Crippen LogP contribution >= 0.6 is 12.6 Å². The molecule has 1 N–H and O–H groups in total. The van der Waals surface area contributed by atoms with Crippen LogP contribution in [0.3, 0.4) is 0 Å². The standard InChI is InChI=1S/C12H13FN2OS/c1-7-12(15-11(6-17)14-7)9-5-8(13)3-4-10(9)16-2/h3-5,17H,6H2,1-2H3,(H,14,15). The monoisotopic (exact) mass is 252 g/mol. The summed E-state index contributed by atoms with van der Waals surface area (Å²) in [4.78, 5) is 7.47. The number of benzene rings is 1. The molecule has 5 heteroatoms. The van der Waals surface area contributed by atoms with Gasteiger partial charge in [0, 0.05) is 17.0 Å². The number of methoxy groups -OCH3 is 1. The minimum Gasteiger partial charge on any atom is -0.496 e. The van der Waals surface area contributed by atoms with E-state index in [-0.39, 0.29) is 5.82 Å². The highest BCUT2D eigenvalue weighted by atomic mass is 32.1. The molecule has 3 nitrogen and oxygen atoms in total. The molecule has 0 atom stereocenters.